The van der Waals surface area contributed by atoms with E-state index in [4.69, 9.17) is 23.2 Å². The zero-order chi connectivity index (χ0) is 11.2. The quantitative estimate of drug-likeness (QED) is 0.784. The largest absolute Gasteiger partial charge is 0.502 e. The van der Waals surface area contributed by atoms with Gasteiger partial charge in [0.25, 0.3) is 5.56 Å². The van der Waals surface area contributed by atoms with E-state index in [1.807, 2.05) is 0 Å². The highest BCUT2D eigenvalue weighted by Crippen LogP contribution is 2.36. The Balaban J connectivity index is 3.07. The average molecular weight is 309 g/mol. The molecule has 0 aliphatic rings. The van der Waals surface area contributed by atoms with Crippen LogP contribution in [0.15, 0.2) is 21.4 Å². The fourth-order valence-electron chi connectivity index (χ4n) is 1.27. The van der Waals surface area contributed by atoms with Crippen molar-refractivity contribution in [2.45, 2.75) is 0 Å². The highest BCUT2D eigenvalue weighted by Gasteiger charge is 2.13. The second-order valence-electron chi connectivity index (χ2n) is 2.90. The number of aromatic nitrogens is 1. The Morgan fingerprint density at radius 1 is 1.33 bits per heavy atom. The van der Waals surface area contributed by atoms with Crippen LogP contribution in [-0.4, -0.2) is 10.1 Å². The van der Waals surface area contributed by atoms with Crippen LogP contribution in [0.2, 0.25) is 10.0 Å². The summed E-state index contributed by atoms with van der Waals surface area (Å²) in [5.74, 6) is -0.410. The van der Waals surface area contributed by atoms with Crippen LogP contribution in [0.4, 0.5) is 0 Å². The zero-order valence-electron chi connectivity index (χ0n) is 7.14. The molecule has 15 heavy (non-hydrogen) atoms. The standard InChI is InChI=1S/C9H4BrCl2NO2/c10-6-5-4(13-9(15)8(6)14)2-1-3(11)7(5)12/h1-2,14H,(H,13,15). The zero-order valence-corrected chi connectivity index (χ0v) is 10.2. The van der Waals surface area contributed by atoms with E-state index in [1.54, 1.807) is 12.1 Å². The molecular formula is C9H4BrCl2NO2. The van der Waals surface area contributed by atoms with E-state index in [0.29, 0.717) is 15.9 Å². The van der Waals surface area contributed by atoms with Gasteiger partial charge in [0.05, 0.1) is 20.0 Å². The Hall–Kier alpha value is -0.710. The maximum absolute atomic E-state index is 11.2. The summed E-state index contributed by atoms with van der Waals surface area (Å²) < 4.78 is 0.244. The molecule has 0 saturated carbocycles. The van der Waals surface area contributed by atoms with Crippen molar-refractivity contribution in [1.29, 1.82) is 0 Å². The van der Waals surface area contributed by atoms with Crippen molar-refractivity contribution >= 4 is 50.0 Å². The SMILES string of the molecule is O=c1[nH]c2ccc(Cl)c(Cl)c2c(Br)c1O. The number of rotatable bonds is 0. The Labute approximate surface area is 103 Å². The minimum Gasteiger partial charge on any atom is -0.502 e. The average Bonchev–Trinajstić information content (AvgIpc) is 2.20. The number of nitrogens with one attached hydrogen (secondary N) is 1. The van der Waals surface area contributed by atoms with Crippen LogP contribution in [0, 0.1) is 0 Å². The molecule has 1 aromatic carbocycles. The Morgan fingerprint density at radius 3 is 2.67 bits per heavy atom. The normalized spacial score (nSPS) is 10.9. The van der Waals surface area contributed by atoms with Gasteiger partial charge in [-0.15, -0.1) is 0 Å². The first-order valence-corrected chi connectivity index (χ1v) is 5.45. The molecule has 0 spiro atoms. The van der Waals surface area contributed by atoms with Crippen LogP contribution >= 0.6 is 39.1 Å². The highest BCUT2D eigenvalue weighted by atomic mass is 79.9. The summed E-state index contributed by atoms with van der Waals surface area (Å²) in [6, 6.07) is 3.20. The van der Waals surface area contributed by atoms with Gasteiger partial charge in [0.15, 0.2) is 5.75 Å². The van der Waals surface area contributed by atoms with Crippen LogP contribution in [0.5, 0.6) is 5.75 Å². The van der Waals surface area contributed by atoms with Crippen molar-refractivity contribution in [2.75, 3.05) is 0 Å². The van der Waals surface area contributed by atoms with Gasteiger partial charge in [0.1, 0.15) is 0 Å². The molecule has 78 valence electrons. The van der Waals surface area contributed by atoms with Gasteiger partial charge in [-0.05, 0) is 28.1 Å². The summed E-state index contributed by atoms with van der Waals surface area (Å²) >= 11 is 14.9. The van der Waals surface area contributed by atoms with E-state index < -0.39 is 11.3 Å². The van der Waals surface area contributed by atoms with Crippen LogP contribution in [0.3, 0.4) is 0 Å². The van der Waals surface area contributed by atoms with Crippen LogP contribution in [0.25, 0.3) is 10.9 Å². The summed E-state index contributed by atoms with van der Waals surface area (Å²) in [7, 11) is 0. The number of hydrogen-bond donors (Lipinski definition) is 2. The number of H-pyrrole nitrogens is 1. The maximum atomic E-state index is 11.2. The van der Waals surface area contributed by atoms with Gasteiger partial charge in [-0.25, -0.2) is 0 Å². The molecule has 6 heteroatoms. The third-order valence-electron chi connectivity index (χ3n) is 1.99. The number of hydrogen-bond acceptors (Lipinski definition) is 2. The predicted molar refractivity (Wildman–Crippen MR) is 64.0 cm³/mol. The minimum absolute atomic E-state index is 0.244. The van der Waals surface area contributed by atoms with Crippen LogP contribution in [0.1, 0.15) is 0 Å². The molecule has 3 nitrogen and oxygen atoms in total. The number of aromatic amines is 1. The molecule has 0 amide bonds. The lowest BCUT2D eigenvalue weighted by Gasteiger charge is -2.05. The summed E-state index contributed by atoms with van der Waals surface area (Å²) in [6.45, 7) is 0. The fourth-order valence-corrected chi connectivity index (χ4v) is 2.39. The summed E-state index contributed by atoms with van der Waals surface area (Å²) in [5, 5.41) is 10.6. The lowest BCUT2D eigenvalue weighted by molar-refractivity contribution is 0.464. The topological polar surface area (TPSA) is 53.1 Å². The number of fused-ring (bicyclic) bond motifs is 1. The Morgan fingerprint density at radius 2 is 2.00 bits per heavy atom. The van der Waals surface area contributed by atoms with E-state index in [-0.39, 0.29) is 9.50 Å². The highest BCUT2D eigenvalue weighted by molar-refractivity contribution is 9.10. The summed E-state index contributed by atoms with van der Waals surface area (Å²) in [6.07, 6.45) is 0. The third kappa shape index (κ3) is 1.62. The van der Waals surface area contributed by atoms with Crippen molar-refractivity contribution in [2.24, 2.45) is 0 Å². The predicted octanol–water partition coefficient (Wildman–Crippen LogP) is 3.30. The molecule has 2 aromatic rings. The second kappa shape index (κ2) is 3.70. The van der Waals surface area contributed by atoms with E-state index in [9.17, 15) is 9.90 Å². The molecule has 1 heterocycles. The smallest absolute Gasteiger partial charge is 0.291 e. The molecule has 0 saturated heterocycles. The molecule has 1 aromatic heterocycles. The third-order valence-corrected chi connectivity index (χ3v) is 3.56. The van der Waals surface area contributed by atoms with E-state index in [1.165, 1.54) is 0 Å². The molecule has 0 unspecified atom stereocenters. The molecule has 2 N–H and O–H groups in total. The molecular weight excluding hydrogens is 305 g/mol. The maximum Gasteiger partial charge on any atom is 0.291 e. The first kappa shape index (κ1) is 10.8. The van der Waals surface area contributed by atoms with Crippen molar-refractivity contribution < 1.29 is 5.11 Å². The second-order valence-corrected chi connectivity index (χ2v) is 4.48. The lowest BCUT2D eigenvalue weighted by Crippen LogP contribution is -2.05. The molecule has 0 radical (unpaired) electrons. The molecule has 0 bridgehead atoms. The Bertz CT molecular complexity index is 609. The van der Waals surface area contributed by atoms with E-state index >= 15 is 0 Å². The van der Waals surface area contributed by atoms with Gasteiger partial charge >= 0.3 is 0 Å². The minimum atomic E-state index is -0.576. The monoisotopic (exact) mass is 307 g/mol. The van der Waals surface area contributed by atoms with E-state index in [2.05, 4.69) is 20.9 Å². The number of pyridine rings is 1. The lowest BCUT2D eigenvalue weighted by atomic mass is 10.2. The fraction of sp³-hybridized carbons (Fsp3) is 0. The van der Waals surface area contributed by atoms with Gasteiger partial charge in [0.2, 0.25) is 0 Å². The van der Waals surface area contributed by atoms with Crippen molar-refractivity contribution in [3.8, 4) is 5.75 Å². The first-order chi connectivity index (χ1) is 7.02. The number of halogens is 3. The van der Waals surface area contributed by atoms with Crippen molar-refractivity contribution in [1.82, 2.24) is 4.98 Å². The first-order valence-electron chi connectivity index (χ1n) is 3.91. The van der Waals surface area contributed by atoms with Gasteiger partial charge in [-0.1, -0.05) is 23.2 Å². The van der Waals surface area contributed by atoms with Crippen molar-refractivity contribution in [3.05, 3.63) is 37.0 Å². The summed E-state index contributed by atoms with van der Waals surface area (Å²) in [4.78, 5) is 13.7. The van der Waals surface area contributed by atoms with Crippen LogP contribution < -0.4 is 5.56 Å². The Kier molecular flexibility index (Phi) is 2.66. The van der Waals surface area contributed by atoms with E-state index in [0.717, 1.165) is 0 Å². The molecule has 0 aliphatic heterocycles. The molecule has 0 atom stereocenters. The number of benzene rings is 1. The number of aromatic hydroxyl groups is 1. The van der Waals surface area contributed by atoms with Gasteiger partial charge in [-0.2, -0.15) is 0 Å². The van der Waals surface area contributed by atoms with Gasteiger partial charge in [-0.3, -0.25) is 4.79 Å². The summed E-state index contributed by atoms with van der Waals surface area (Å²) in [5.41, 5.74) is -0.0631. The molecule has 0 aliphatic carbocycles. The van der Waals surface area contributed by atoms with Crippen LogP contribution in [-0.2, 0) is 0 Å². The van der Waals surface area contributed by atoms with Gasteiger partial charge < -0.3 is 10.1 Å². The van der Waals surface area contributed by atoms with Crippen molar-refractivity contribution in [3.63, 3.8) is 0 Å². The molecule has 0 fully saturated rings. The molecule has 2 rings (SSSR count). The van der Waals surface area contributed by atoms with Gasteiger partial charge in [0, 0.05) is 5.39 Å².